The number of nitrogens with zero attached hydrogens (tertiary/aromatic N) is 1. The van der Waals surface area contributed by atoms with E-state index in [1.54, 1.807) is 0 Å². The fraction of sp³-hybridized carbons (Fsp3) is 0.370. The molecule has 1 heterocycles. The van der Waals surface area contributed by atoms with Crippen LogP contribution in [0.1, 0.15) is 44.7 Å². The first-order chi connectivity index (χ1) is 14.2. The summed E-state index contributed by atoms with van der Waals surface area (Å²) in [6, 6.07) is 8.66. The maximum Gasteiger partial charge on any atom is 0.0273 e. The molecule has 0 bridgehead atoms. The third-order valence-corrected chi connectivity index (χ3v) is 5.55. The van der Waals surface area contributed by atoms with Gasteiger partial charge in [0, 0.05) is 37.8 Å². The number of aliphatic imine (C=N–C) groups is 1. The molecule has 3 atom stereocenters. The summed E-state index contributed by atoms with van der Waals surface area (Å²) >= 11 is 0. The van der Waals surface area contributed by atoms with E-state index in [1.165, 1.54) is 16.7 Å². The highest BCUT2D eigenvalue weighted by Crippen LogP contribution is 2.36. The molecule has 1 aromatic carbocycles. The Kier molecular flexibility index (Phi) is 9.43. The van der Waals surface area contributed by atoms with Gasteiger partial charge in [0.1, 0.15) is 0 Å². The van der Waals surface area contributed by atoms with Crippen molar-refractivity contribution in [1.29, 1.82) is 0 Å². The van der Waals surface area contributed by atoms with Crippen LogP contribution >= 0.6 is 0 Å². The van der Waals surface area contributed by atoms with Gasteiger partial charge in [-0.05, 0) is 48.0 Å². The van der Waals surface area contributed by atoms with Crippen molar-refractivity contribution in [2.75, 3.05) is 13.6 Å². The SMILES string of the molecule is C=C/C(=C\C=C/C)c1ccccc1C1=CNCC1CC(/C=N\C)C(C)/C=C\CC. The van der Waals surface area contributed by atoms with E-state index in [0.29, 0.717) is 17.8 Å². The predicted octanol–water partition coefficient (Wildman–Crippen LogP) is 6.70. The quantitative estimate of drug-likeness (QED) is 0.269. The molecule has 2 heteroatoms. The minimum absolute atomic E-state index is 0.431. The first-order valence-electron chi connectivity index (χ1n) is 10.7. The number of hydrogen-bond donors (Lipinski definition) is 1. The number of rotatable bonds is 10. The Labute approximate surface area is 177 Å². The summed E-state index contributed by atoms with van der Waals surface area (Å²) in [6.07, 6.45) is 19.3. The van der Waals surface area contributed by atoms with Crippen LogP contribution in [0.25, 0.3) is 11.1 Å². The van der Waals surface area contributed by atoms with Crippen LogP contribution in [0.2, 0.25) is 0 Å². The van der Waals surface area contributed by atoms with E-state index in [0.717, 1.165) is 25.0 Å². The van der Waals surface area contributed by atoms with Gasteiger partial charge in [-0.3, -0.25) is 0 Å². The Morgan fingerprint density at radius 1 is 1.34 bits per heavy atom. The molecule has 1 N–H and O–H groups in total. The van der Waals surface area contributed by atoms with E-state index in [1.807, 2.05) is 26.1 Å². The number of allylic oxidation sites excluding steroid dienone is 7. The Balaban J connectivity index is 2.34. The van der Waals surface area contributed by atoms with Crippen LogP contribution in [0.5, 0.6) is 0 Å². The Hall–Kier alpha value is -2.61. The summed E-state index contributed by atoms with van der Waals surface area (Å²) in [6.45, 7) is 11.5. The average molecular weight is 389 g/mol. The molecule has 3 unspecified atom stereocenters. The number of benzene rings is 1. The summed E-state index contributed by atoms with van der Waals surface area (Å²) < 4.78 is 0. The second kappa shape index (κ2) is 12.1. The summed E-state index contributed by atoms with van der Waals surface area (Å²) in [5, 5.41) is 3.49. The topological polar surface area (TPSA) is 24.4 Å². The smallest absolute Gasteiger partial charge is 0.0273 e. The lowest BCUT2D eigenvalue weighted by Crippen LogP contribution is -2.20. The molecule has 0 saturated carbocycles. The van der Waals surface area contributed by atoms with Crippen molar-refractivity contribution < 1.29 is 0 Å². The van der Waals surface area contributed by atoms with Gasteiger partial charge in [0.05, 0.1) is 0 Å². The van der Waals surface area contributed by atoms with Gasteiger partial charge >= 0.3 is 0 Å². The monoisotopic (exact) mass is 388 g/mol. The minimum atomic E-state index is 0.431. The highest BCUT2D eigenvalue weighted by atomic mass is 14.9. The molecule has 0 radical (unpaired) electrons. The van der Waals surface area contributed by atoms with Crippen LogP contribution in [0, 0.1) is 17.8 Å². The maximum atomic E-state index is 4.37. The molecule has 1 aromatic rings. The lowest BCUT2D eigenvalue weighted by atomic mass is 9.80. The summed E-state index contributed by atoms with van der Waals surface area (Å²) in [7, 11) is 1.88. The van der Waals surface area contributed by atoms with Crippen molar-refractivity contribution in [3.63, 3.8) is 0 Å². The van der Waals surface area contributed by atoms with Crippen LogP contribution < -0.4 is 5.32 Å². The molecule has 29 heavy (non-hydrogen) atoms. The molecule has 0 fully saturated rings. The molecule has 0 saturated heterocycles. The molecular weight excluding hydrogens is 352 g/mol. The van der Waals surface area contributed by atoms with E-state index in [4.69, 9.17) is 0 Å². The van der Waals surface area contributed by atoms with E-state index >= 15 is 0 Å². The highest BCUT2D eigenvalue weighted by molar-refractivity contribution is 5.85. The summed E-state index contributed by atoms with van der Waals surface area (Å²) in [5.74, 6) is 1.37. The highest BCUT2D eigenvalue weighted by Gasteiger charge is 2.27. The third kappa shape index (κ3) is 6.19. The van der Waals surface area contributed by atoms with Crippen LogP contribution in [-0.2, 0) is 0 Å². The molecule has 2 rings (SSSR count). The molecule has 0 aromatic heterocycles. The van der Waals surface area contributed by atoms with Gasteiger partial charge in [0.25, 0.3) is 0 Å². The lowest BCUT2D eigenvalue weighted by molar-refractivity contribution is 0.452. The molecule has 154 valence electrons. The van der Waals surface area contributed by atoms with E-state index in [9.17, 15) is 0 Å². The molecule has 0 spiro atoms. The molecule has 0 amide bonds. The van der Waals surface area contributed by atoms with Crippen LogP contribution in [0.15, 0.2) is 78.5 Å². The van der Waals surface area contributed by atoms with Gasteiger partial charge in [-0.2, -0.15) is 0 Å². The van der Waals surface area contributed by atoms with Crippen molar-refractivity contribution in [3.05, 3.63) is 84.6 Å². The standard InChI is InChI=1S/C27H36N2/c1-6-9-13-21(4)23(18-28-5)17-24-19-29-20-27(24)26-16-12-11-15-25(26)22(8-3)14-10-7-2/h7-16,18,20-21,23-24,29H,3,6,17,19H2,1-2,4-5H3/b10-7-,13-9-,22-14+,28-18-. The average Bonchev–Trinajstić information content (AvgIpc) is 3.20. The second-order valence-electron chi connectivity index (χ2n) is 7.60. The van der Waals surface area contributed by atoms with Crippen LogP contribution in [0.3, 0.4) is 0 Å². The van der Waals surface area contributed by atoms with Gasteiger partial charge < -0.3 is 10.3 Å². The first-order valence-corrected chi connectivity index (χ1v) is 10.7. The number of nitrogens with one attached hydrogen (secondary N) is 1. The van der Waals surface area contributed by atoms with Crippen molar-refractivity contribution in [1.82, 2.24) is 5.32 Å². The molecule has 1 aliphatic rings. The van der Waals surface area contributed by atoms with E-state index in [2.05, 4.69) is 91.7 Å². The van der Waals surface area contributed by atoms with E-state index in [-0.39, 0.29) is 0 Å². The molecule has 2 nitrogen and oxygen atoms in total. The second-order valence-corrected chi connectivity index (χ2v) is 7.60. The maximum absolute atomic E-state index is 4.37. The lowest BCUT2D eigenvalue weighted by Gasteiger charge is -2.24. The fourth-order valence-electron chi connectivity index (χ4n) is 3.93. The summed E-state index contributed by atoms with van der Waals surface area (Å²) in [4.78, 5) is 4.37. The zero-order valence-corrected chi connectivity index (χ0v) is 18.4. The minimum Gasteiger partial charge on any atom is -0.390 e. The Morgan fingerprint density at radius 3 is 2.83 bits per heavy atom. The van der Waals surface area contributed by atoms with Gasteiger partial charge in [-0.25, -0.2) is 0 Å². The molecule has 1 aliphatic heterocycles. The zero-order chi connectivity index (χ0) is 21.1. The van der Waals surface area contributed by atoms with Crippen molar-refractivity contribution in [2.24, 2.45) is 22.7 Å². The van der Waals surface area contributed by atoms with Crippen LogP contribution in [0.4, 0.5) is 0 Å². The predicted molar refractivity (Wildman–Crippen MR) is 130 cm³/mol. The first kappa shape index (κ1) is 22.7. The largest absolute Gasteiger partial charge is 0.390 e. The molecule has 0 aliphatic carbocycles. The summed E-state index contributed by atoms with van der Waals surface area (Å²) in [5.41, 5.74) is 5.06. The Morgan fingerprint density at radius 2 is 2.14 bits per heavy atom. The van der Waals surface area contributed by atoms with Crippen molar-refractivity contribution in [3.8, 4) is 0 Å². The van der Waals surface area contributed by atoms with E-state index < -0.39 is 0 Å². The normalized spacial score (nSPS) is 19.7. The van der Waals surface area contributed by atoms with Gasteiger partial charge in [-0.15, -0.1) is 0 Å². The fourth-order valence-corrected chi connectivity index (χ4v) is 3.93. The van der Waals surface area contributed by atoms with Crippen molar-refractivity contribution >= 4 is 17.4 Å². The zero-order valence-electron chi connectivity index (χ0n) is 18.4. The third-order valence-electron chi connectivity index (χ3n) is 5.55. The van der Waals surface area contributed by atoms with Crippen LogP contribution in [-0.4, -0.2) is 19.8 Å². The Bertz CT molecular complexity index is 808. The van der Waals surface area contributed by atoms with Crippen molar-refractivity contribution in [2.45, 2.75) is 33.6 Å². The number of hydrogen-bond acceptors (Lipinski definition) is 2. The molecular formula is C27H36N2. The van der Waals surface area contributed by atoms with Gasteiger partial charge in [-0.1, -0.05) is 81.1 Å². The van der Waals surface area contributed by atoms with Gasteiger partial charge in [0.2, 0.25) is 0 Å². The van der Waals surface area contributed by atoms with Gasteiger partial charge in [0.15, 0.2) is 0 Å².